The van der Waals surface area contributed by atoms with E-state index in [0.29, 0.717) is 0 Å². The second kappa shape index (κ2) is 7.82. The Morgan fingerprint density at radius 3 is 1.47 bits per heavy atom. The van der Waals surface area contributed by atoms with Gasteiger partial charge in [-0.05, 0) is 38.4 Å². The molecule has 2 aromatic rings. The Labute approximate surface area is 122 Å². The third-order valence-corrected chi connectivity index (χ3v) is 2.91. The highest BCUT2D eigenvalue weighted by Gasteiger charge is 2.08. The maximum absolute atomic E-state index is 2.35. The van der Waals surface area contributed by atoms with Crippen molar-refractivity contribution in [2.45, 2.75) is 0 Å². The lowest BCUT2D eigenvalue weighted by molar-refractivity contribution is 0.419. The number of halogens is 1. The zero-order chi connectivity index (χ0) is 12.8. The maximum Gasteiger partial charge on any atom is 0.0411 e. The maximum atomic E-state index is 2.35. The molecule has 0 fully saturated rings. The van der Waals surface area contributed by atoms with Gasteiger partial charge in [-0.2, -0.15) is 0 Å². The molecule has 0 atom stereocenters. The van der Waals surface area contributed by atoms with Crippen LogP contribution in [0.2, 0.25) is 0 Å². The van der Waals surface area contributed by atoms with Crippen LogP contribution < -0.4 is 4.90 Å². The number of likely N-dealkylation sites (N-methyl/N-ethyl adjacent to an activating group) is 1. The second-order valence-corrected chi connectivity index (χ2v) is 4.63. The highest BCUT2D eigenvalue weighted by atomic mass is 35.5. The van der Waals surface area contributed by atoms with Gasteiger partial charge in [0.05, 0.1) is 0 Å². The average Bonchev–Trinajstić information content (AvgIpc) is 2.41. The standard InChI is InChI=1S/C16H20N2.ClH/c1-17(2)13-14-18(15-9-5-3-6-10-15)16-11-7-4-8-12-16;/h3-12H,13-14H2,1-2H3;1H. The Balaban J connectivity index is 0.00000180. The molecular formula is C16H21ClN2. The summed E-state index contributed by atoms with van der Waals surface area (Å²) in [6, 6.07) is 21.1. The van der Waals surface area contributed by atoms with E-state index in [1.165, 1.54) is 11.4 Å². The summed E-state index contributed by atoms with van der Waals surface area (Å²) in [5.41, 5.74) is 2.48. The quantitative estimate of drug-likeness (QED) is 0.819. The summed E-state index contributed by atoms with van der Waals surface area (Å²) in [6.45, 7) is 2.02. The molecule has 2 rings (SSSR count). The molecule has 0 spiro atoms. The van der Waals surface area contributed by atoms with Gasteiger partial charge in [0.25, 0.3) is 0 Å². The van der Waals surface area contributed by atoms with Crippen LogP contribution in [0.1, 0.15) is 0 Å². The summed E-state index contributed by atoms with van der Waals surface area (Å²) in [7, 11) is 4.21. The van der Waals surface area contributed by atoms with E-state index >= 15 is 0 Å². The van der Waals surface area contributed by atoms with E-state index in [1.54, 1.807) is 0 Å². The summed E-state index contributed by atoms with van der Waals surface area (Å²) in [5, 5.41) is 0. The Bertz CT molecular complexity index is 417. The molecule has 0 saturated carbocycles. The highest BCUT2D eigenvalue weighted by molar-refractivity contribution is 5.85. The minimum Gasteiger partial charge on any atom is -0.340 e. The topological polar surface area (TPSA) is 6.48 Å². The van der Waals surface area contributed by atoms with Crippen molar-refractivity contribution in [3.8, 4) is 0 Å². The van der Waals surface area contributed by atoms with Gasteiger partial charge in [-0.25, -0.2) is 0 Å². The first-order valence-corrected chi connectivity index (χ1v) is 6.30. The fourth-order valence-electron chi connectivity index (χ4n) is 1.92. The van der Waals surface area contributed by atoms with Gasteiger partial charge in [0.1, 0.15) is 0 Å². The molecule has 0 N–H and O–H groups in total. The normalized spacial score (nSPS) is 10.1. The average molecular weight is 277 g/mol. The zero-order valence-corrected chi connectivity index (χ0v) is 12.3. The van der Waals surface area contributed by atoms with Crippen molar-refractivity contribution in [2.24, 2.45) is 0 Å². The summed E-state index contributed by atoms with van der Waals surface area (Å²) in [5.74, 6) is 0. The van der Waals surface area contributed by atoms with Crippen molar-refractivity contribution in [3.05, 3.63) is 60.7 Å². The van der Waals surface area contributed by atoms with Crippen LogP contribution in [0.25, 0.3) is 0 Å². The minimum atomic E-state index is 0. The number of hydrogen-bond acceptors (Lipinski definition) is 2. The van der Waals surface area contributed by atoms with Crippen LogP contribution in [0.4, 0.5) is 11.4 Å². The van der Waals surface area contributed by atoms with Crippen LogP contribution in [-0.4, -0.2) is 32.1 Å². The third-order valence-electron chi connectivity index (χ3n) is 2.91. The van der Waals surface area contributed by atoms with Crippen LogP contribution in [0, 0.1) is 0 Å². The molecule has 0 heterocycles. The van der Waals surface area contributed by atoms with Crippen molar-refractivity contribution in [3.63, 3.8) is 0 Å². The Kier molecular flexibility index (Phi) is 6.40. The molecule has 2 aromatic carbocycles. The lowest BCUT2D eigenvalue weighted by Gasteiger charge is -2.26. The van der Waals surface area contributed by atoms with Gasteiger partial charge in [-0.1, -0.05) is 36.4 Å². The molecule has 19 heavy (non-hydrogen) atoms. The molecule has 2 nitrogen and oxygen atoms in total. The molecule has 0 aliphatic rings. The van der Waals surface area contributed by atoms with Gasteiger partial charge in [-0.3, -0.25) is 0 Å². The van der Waals surface area contributed by atoms with Gasteiger partial charge in [0.2, 0.25) is 0 Å². The van der Waals surface area contributed by atoms with Crippen molar-refractivity contribution in [1.29, 1.82) is 0 Å². The molecular weight excluding hydrogens is 256 g/mol. The van der Waals surface area contributed by atoms with Crippen LogP contribution in [0.3, 0.4) is 0 Å². The molecule has 0 bridgehead atoms. The number of anilines is 2. The predicted octanol–water partition coefficient (Wildman–Crippen LogP) is 3.81. The van der Waals surface area contributed by atoms with Crippen molar-refractivity contribution in [1.82, 2.24) is 4.90 Å². The van der Waals surface area contributed by atoms with Gasteiger partial charge < -0.3 is 9.80 Å². The highest BCUT2D eigenvalue weighted by Crippen LogP contribution is 2.24. The zero-order valence-electron chi connectivity index (χ0n) is 11.5. The van der Waals surface area contributed by atoms with Gasteiger partial charge in [-0.15, -0.1) is 12.4 Å². The monoisotopic (exact) mass is 276 g/mol. The minimum absolute atomic E-state index is 0. The molecule has 0 aliphatic heterocycles. The van der Waals surface area contributed by atoms with Gasteiger partial charge in [0, 0.05) is 24.5 Å². The molecule has 0 saturated heterocycles. The van der Waals surface area contributed by atoms with E-state index in [0.717, 1.165) is 13.1 Å². The number of para-hydroxylation sites is 2. The first kappa shape index (κ1) is 15.5. The summed E-state index contributed by atoms with van der Waals surface area (Å²) < 4.78 is 0. The number of nitrogens with zero attached hydrogens (tertiary/aromatic N) is 2. The Morgan fingerprint density at radius 1 is 0.684 bits per heavy atom. The van der Waals surface area contributed by atoms with Gasteiger partial charge in [0.15, 0.2) is 0 Å². The van der Waals surface area contributed by atoms with E-state index in [1.807, 2.05) is 0 Å². The molecule has 102 valence electrons. The molecule has 0 unspecified atom stereocenters. The largest absolute Gasteiger partial charge is 0.340 e. The fraction of sp³-hybridized carbons (Fsp3) is 0.250. The van der Waals surface area contributed by atoms with E-state index in [9.17, 15) is 0 Å². The number of rotatable bonds is 5. The summed E-state index contributed by atoms with van der Waals surface area (Å²) >= 11 is 0. The van der Waals surface area contributed by atoms with Gasteiger partial charge >= 0.3 is 0 Å². The molecule has 0 aromatic heterocycles. The van der Waals surface area contributed by atoms with Crippen LogP contribution in [0.5, 0.6) is 0 Å². The van der Waals surface area contributed by atoms with Crippen molar-refractivity contribution in [2.75, 3.05) is 32.1 Å². The Hall–Kier alpha value is -1.51. The summed E-state index contributed by atoms with van der Waals surface area (Å²) in [6.07, 6.45) is 0. The van der Waals surface area contributed by atoms with Crippen molar-refractivity contribution < 1.29 is 0 Å². The first-order valence-electron chi connectivity index (χ1n) is 6.30. The predicted molar refractivity (Wildman–Crippen MR) is 85.7 cm³/mol. The van der Waals surface area contributed by atoms with E-state index in [-0.39, 0.29) is 12.4 Å². The van der Waals surface area contributed by atoms with E-state index in [2.05, 4.69) is 84.6 Å². The number of hydrogen-bond donors (Lipinski definition) is 0. The third kappa shape index (κ3) is 4.58. The summed E-state index contributed by atoms with van der Waals surface area (Å²) in [4.78, 5) is 4.55. The first-order chi connectivity index (χ1) is 8.77. The molecule has 0 amide bonds. The molecule has 0 radical (unpaired) electrons. The molecule has 3 heteroatoms. The lowest BCUT2D eigenvalue weighted by atomic mass is 10.2. The van der Waals surface area contributed by atoms with Crippen LogP contribution in [0.15, 0.2) is 60.7 Å². The molecule has 0 aliphatic carbocycles. The smallest absolute Gasteiger partial charge is 0.0411 e. The van der Waals surface area contributed by atoms with Crippen LogP contribution in [-0.2, 0) is 0 Å². The number of benzene rings is 2. The van der Waals surface area contributed by atoms with Crippen molar-refractivity contribution >= 4 is 23.8 Å². The lowest BCUT2D eigenvalue weighted by Crippen LogP contribution is -2.28. The van der Waals surface area contributed by atoms with E-state index in [4.69, 9.17) is 0 Å². The van der Waals surface area contributed by atoms with Crippen LogP contribution >= 0.6 is 12.4 Å². The Morgan fingerprint density at radius 2 is 1.11 bits per heavy atom. The SMILES string of the molecule is CN(C)CCN(c1ccccc1)c1ccccc1.Cl. The fourth-order valence-corrected chi connectivity index (χ4v) is 1.92. The second-order valence-electron chi connectivity index (χ2n) is 4.63. The van der Waals surface area contributed by atoms with E-state index < -0.39 is 0 Å².